The summed E-state index contributed by atoms with van der Waals surface area (Å²) >= 11 is 0. The molecule has 5 heteroatoms. The molecule has 0 spiro atoms. The van der Waals surface area contributed by atoms with Crippen molar-refractivity contribution in [3.05, 3.63) is 0 Å². The second-order valence-corrected chi connectivity index (χ2v) is 6.73. The van der Waals surface area contributed by atoms with Gasteiger partial charge < -0.3 is 5.11 Å². The van der Waals surface area contributed by atoms with Crippen LogP contribution < -0.4 is 0 Å². The number of hydrogen-bond acceptors (Lipinski definition) is 5. The highest BCUT2D eigenvalue weighted by atomic mass is 17.3. The maximum atomic E-state index is 10.3. The molecule has 5 nitrogen and oxygen atoms in total. The molecule has 0 aliphatic heterocycles. The Morgan fingerprint density at radius 3 is 1.47 bits per heavy atom. The Morgan fingerprint density at radius 1 is 0.737 bits per heavy atom. The first-order valence-electron chi connectivity index (χ1n) is 6.93. The lowest BCUT2D eigenvalue weighted by molar-refractivity contribution is -0.595. The van der Waals surface area contributed by atoms with Crippen molar-refractivity contribution in [1.29, 1.82) is 0 Å². The molecule has 0 saturated carbocycles. The molecule has 19 heavy (non-hydrogen) atoms. The quantitative estimate of drug-likeness (QED) is 0.317. The normalized spacial score (nSPS) is 13.9. The summed E-state index contributed by atoms with van der Waals surface area (Å²) in [5.74, 6) is -1.88. The molecule has 0 bridgehead atoms. The van der Waals surface area contributed by atoms with Crippen molar-refractivity contribution in [1.82, 2.24) is 0 Å². The van der Waals surface area contributed by atoms with Crippen LogP contribution >= 0.6 is 0 Å². The van der Waals surface area contributed by atoms with Crippen molar-refractivity contribution in [3.8, 4) is 0 Å². The van der Waals surface area contributed by atoms with Crippen LogP contribution in [0.3, 0.4) is 0 Å². The van der Waals surface area contributed by atoms with E-state index in [4.69, 9.17) is 19.6 Å². The van der Waals surface area contributed by atoms with Crippen LogP contribution in [-0.4, -0.2) is 22.3 Å². The predicted molar refractivity (Wildman–Crippen MR) is 72.9 cm³/mol. The van der Waals surface area contributed by atoms with Crippen molar-refractivity contribution in [2.24, 2.45) is 0 Å². The zero-order valence-electron chi connectivity index (χ0n) is 13.4. The molecule has 0 amide bonds. The average Bonchev–Trinajstić information content (AvgIpc) is 2.23. The third kappa shape index (κ3) is 11.3. The van der Waals surface area contributed by atoms with Gasteiger partial charge in [-0.1, -0.05) is 19.8 Å². The van der Waals surface area contributed by atoms with Gasteiger partial charge in [-0.3, -0.25) is 0 Å². The monoisotopic (exact) mass is 278 g/mol. The first-order valence-corrected chi connectivity index (χ1v) is 6.93. The van der Waals surface area contributed by atoms with Gasteiger partial charge >= 0.3 is 5.97 Å². The van der Waals surface area contributed by atoms with Gasteiger partial charge in [-0.25, -0.2) is 9.78 Å². The highest BCUT2D eigenvalue weighted by molar-refractivity contribution is 4.58. The van der Waals surface area contributed by atoms with Gasteiger partial charge in [0.05, 0.1) is 11.2 Å². The Balaban J connectivity index is 4.43. The van der Waals surface area contributed by atoms with Gasteiger partial charge in [0.15, 0.2) is 0 Å². The molecule has 0 aromatic carbocycles. The van der Waals surface area contributed by atoms with Crippen LogP contribution in [0.2, 0.25) is 0 Å². The summed E-state index contributed by atoms with van der Waals surface area (Å²) in [4.78, 5) is 20.4. The van der Waals surface area contributed by atoms with Crippen molar-refractivity contribution >= 4 is 0 Å². The summed E-state index contributed by atoms with van der Waals surface area (Å²) in [6, 6.07) is 0. The van der Waals surface area contributed by atoms with Crippen LogP contribution in [0.4, 0.5) is 0 Å². The molecule has 0 heterocycles. The fraction of sp³-hybridized carbons (Fsp3) is 1.00. The first kappa shape index (κ1) is 18.8. The lowest BCUT2D eigenvalue weighted by Crippen LogP contribution is -2.41. The summed E-state index contributed by atoms with van der Waals surface area (Å²) in [6.45, 7) is 13.0. The number of rotatable bonds is 8. The number of hydrogen-bond donors (Lipinski definition) is 1. The fourth-order valence-corrected chi connectivity index (χ4v) is 1.08. The minimum absolute atomic E-state index is 0.285. The van der Waals surface area contributed by atoms with Gasteiger partial charge in [0.1, 0.15) is 0 Å². The van der Waals surface area contributed by atoms with Crippen LogP contribution in [0.25, 0.3) is 0 Å². The Labute approximate surface area is 117 Å². The van der Waals surface area contributed by atoms with E-state index in [1.54, 1.807) is 0 Å². The van der Waals surface area contributed by atoms with Crippen LogP contribution in [0.5, 0.6) is 0 Å². The zero-order chi connectivity index (χ0) is 15.2. The standard InChI is InChI=1S/C14H30O5/c1-8-9-10-11-14(15,18-16-12(2,3)4)19-17-13(5,6)7/h15H,8-11H2,1-7H3. The molecule has 0 aliphatic carbocycles. The van der Waals surface area contributed by atoms with E-state index in [9.17, 15) is 5.11 Å². The average molecular weight is 278 g/mol. The highest BCUT2D eigenvalue weighted by Crippen LogP contribution is 2.24. The molecule has 1 N–H and O–H groups in total. The second kappa shape index (κ2) is 7.55. The van der Waals surface area contributed by atoms with Gasteiger partial charge in [-0.2, -0.15) is 9.78 Å². The van der Waals surface area contributed by atoms with E-state index < -0.39 is 17.2 Å². The molecule has 0 aromatic heterocycles. The first-order chi connectivity index (χ1) is 8.47. The molecular weight excluding hydrogens is 248 g/mol. The number of unbranched alkanes of at least 4 members (excludes halogenated alkanes) is 2. The van der Waals surface area contributed by atoms with Crippen molar-refractivity contribution < 1.29 is 24.7 Å². The summed E-state index contributed by atoms with van der Waals surface area (Å²) in [5.41, 5.74) is -1.08. The molecule has 0 rings (SSSR count). The van der Waals surface area contributed by atoms with Gasteiger partial charge in [-0.05, 0) is 48.0 Å². The Kier molecular flexibility index (Phi) is 7.47. The van der Waals surface area contributed by atoms with E-state index in [2.05, 4.69) is 6.92 Å². The highest BCUT2D eigenvalue weighted by Gasteiger charge is 2.35. The lowest BCUT2D eigenvalue weighted by Gasteiger charge is -2.31. The van der Waals surface area contributed by atoms with Crippen molar-refractivity contribution in [3.63, 3.8) is 0 Å². The van der Waals surface area contributed by atoms with Gasteiger partial charge in [0.25, 0.3) is 0 Å². The van der Waals surface area contributed by atoms with Crippen LogP contribution in [0, 0.1) is 0 Å². The second-order valence-electron chi connectivity index (χ2n) is 6.73. The summed E-state index contributed by atoms with van der Waals surface area (Å²) < 4.78 is 0. The van der Waals surface area contributed by atoms with E-state index in [1.165, 1.54) is 0 Å². The lowest BCUT2D eigenvalue weighted by atomic mass is 10.2. The maximum absolute atomic E-state index is 10.3. The number of aliphatic hydroxyl groups is 1. The third-order valence-corrected chi connectivity index (χ3v) is 1.94. The fourth-order valence-electron chi connectivity index (χ4n) is 1.08. The summed E-state index contributed by atoms with van der Waals surface area (Å²) in [6.07, 6.45) is 3.05. The Morgan fingerprint density at radius 2 is 1.16 bits per heavy atom. The SMILES string of the molecule is CCCCCC(O)(OOC(C)(C)C)OOC(C)(C)C. The molecule has 0 aliphatic rings. The molecule has 116 valence electrons. The van der Waals surface area contributed by atoms with E-state index in [0.717, 1.165) is 19.3 Å². The van der Waals surface area contributed by atoms with Crippen molar-refractivity contribution in [2.75, 3.05) is 0 Å². The topological polar surface area (TPSA) is 57.2 Å². The van der Waals surface area contributed by atoms with Gasteiger partial charge in [0.2, 0.25) is 0 Å². The molecule has 0 atom stereocenters. The van der Waals surface area contributed by atoms with Gasteiger partial charge in [0, 0.05) is 6.42 Å². The molecule has 0 aromatic rings. The minimum Gasteiger partial charge on any atom is -0.340 e. The van der Waals surface area contributed by atoms with Crippen LogP contribution in [-0.2, 0) is 19.6 Å². The van der Waals surface area contributed by atoms with E-state index in [0.29, 0.717) is 0 Å². The van der Waals surface area contributed by atoms with Crippen LogP contribution in [0.1, 0.15) is 74.1 Å². The largest absolute Gasteiger partial charge is 0.340 e. The van der Waals surface area contributed by atoms with E-state index in [-0.39, 0.29) is 6.42 Å². The molecule has 0 radical (unpaired) electrons. The zero-order valence-corrected chi connectivity index (χ0v) is 13.4. The smallest absolute Gasteiger partial charge is 0.337 e. The molecule has 0 unspecified atom stereocenters. The van der Waals surface area contributed by atoms with E-state index >= 15 is 0 Å². The Hall–Kier alpha value is -0.200. The van der Waals surface area contributed by atoms with Gasteiger partial charge in [-0.15, -0.1) is 0 Å². The Bertz CT molecular complexity index is 221. The molecule has 0 fully saturated rings. The molecular formula is C14H30O5. The summed E-state index contributed by atoms with van der Waals surface area (Å²) in [7, 11) is 0. The minimum atomic E-state index is -1.88. The van der Waals surface area contributed by atoms with Crippen molar-refractivity contribution in [2.45, 2.75) is 91.3 Å². The third-order valence-electron chi connectivity index (χ3n) is 1.94. The maximum Gasteiger partial charge on any atom is 0.337 e. The predicted octanol–water partition coefficient (Wildman–Crippen LogP) is 3.71. The van der Waals surface area contributed by atoms with E-state index in [1.807, 2.05) is 41.5 Å². The molecule has 0 saturated heterocycles. The summed E-state index contributed by atoms with van der Waals surface area (Å²) in [5, 5.41) is 10.3. The van der Waals surface area contributed by atoms with Crippen LogP contribution in [0.15, 0.2) is 0 Å².